The first-order valence-corrected chi connectivity index (χ1v) is 6.40. The van der Waals surface area contributed by atoms with Crippen LogP contribution < -0.4 is 10.2 Å². The second kappa shape index (κ2) is 4.09. The van der Waals surface area contributed by atoms with E-state index >= 15 is 0 Å². The zero-order valence-electron chi connectivity index (χ0n) is 11.9. The number of benzene rings is 1. The molecule has 1 heterocycles. The first-order valence-electron chi connectivity index (χ1n) is 6.40. The standard InChI is InChI=1S/C15H22N2O/c1-11-7-6-8-12(9-11)17-13(18)15(4,5)16-10-14(17,2)3/h6-9,16H,10H2,1-5H3. The Kier molecular flexibility index (Phi) is 2.98. The average Bonchev–Trinajstić information content (AvgIpc) is 2.25. The lowest BCUT2D eigenvalue weighted by molar-refractivity contribution is -0.126. The van der Waals surface area contributed by atoms with Crippen LogP contribution in [0.4, 0.5) is 5.69 Å². The Bertz CT molecular complexity index is 477. The number of rotatable bonds is 1. The van der Waals surface area contributed by atoms with E-state index in [1.165, 1.54) is 5.56 Å². The van der Waals surface area contributed by atoms with Gasteiger partial charge in [-0.25, -0.2) is 0 Å². The maximum Gasteiger partial charge on any atom is 0.247 e. The Labute approximate surface area is 109 Å². The Morgan fingerprint density at radius 3 is 2.50 bits per heavy atom. The third-order valence-corrected chi connectivity index (χ3v) is 3.57. The lowest BCUT2D eigenvalue weighted by Gasteiger charge is -2.48. The number of carbonyl (C=O) groups is 1. The van der Waals surface area contributed by atoms with Crippen molar-refractivity contribution in [1.29, 1.82) is 0 Å². The van der Waals surface area contributed by atoms with Gasteiger partial charge in [0.2, 0.25) is 5.91 Å². The van der Waals surface area contributed by atoms with Crippen molar-refractivity contribution in [3.8, 4) is 0 Å². The molecule has 1 aliphatic heterocycles. The second-order valence-electron chi connectivity index (χ2n) is 6.27. The van der Waals surface area contributed by atoms with E-state index in [2.05, 4.69) is 25.2 Å². The highest BCUT2D eigenvalue weighted by Crippen LogP contribution is 2.31. The van der Waals surface area contributed by atoms with Crippen molar-refractivity contribution in [2.75, 3.05) is 11.4 Å². The number of piperazine rings is 1. The van der Waals surface area contributed by atoms with Crippen molar-refractivity contribution in [2.45, 2.75) is 45.7 Å². The van der Waals surface area contributed by atoms with Crippen molar-refractivity contribution >= 4 is 11.6 Å². The summed E-state index contributed by atoms with van der Waals surface area (Å²) in [4.78, 5) is 14.6. The molecule has 1 aromatic carbocycles. The van der Waals surface area contributed by atoms with E-state index in [0.29, 0.717) is 0 Å². The molecule has 0 atom stereocenters. The molecule has 0 aromatic heterocycles. The van der Waals surface area contributed by atoms with Crippen molar-refractivity contribution in [2.24, 2.45) is 0 Å². The van der Waals surface area contributed by atoms with E-state index in [1.54, 1.807) is 0 Å². The van der Waals surface area contributed by atoms with Gasteiger partial charge in [0.15, 0.2) is 0 Å². The molecular weight excluding hydrogens is 224 g/mol. The molecule has 3 heteroatoms. The minimum Gasteiger partial charge on any atom is -0.304 e. The van der Waals surface area contributed by atoms with Crippen molar-refractivity contribution in [1.82, 2.24) is 5.32 Å². The molecule has 1 aromatic rings. The summed E-state index contributed by atoms with van der Waals surface area (Å²) in [5, 5.41) is 3.32. The van der Waals surface area contributed by atoms with Crippen LogP contribution in [0.3, 0.4) is 0 Å². The number of aryl methyl sites for hydroxylation is 1. The normalized spacial score (nSPS) is 22.1. The van der Waals surface area contributed by atoms with Gasteiger partial charge in [-0.3, -0.25) is 4.79 Å². The molecule has 1 fully saturated rings. The molecule has 0 radical (unpaired) electrons. The summed E-state index contributed by atoms with van der Waals surface area (Å²) in [7, 11) is 0. The minimum atomic E-state index is -0.501. The van der Waals surface area contributed by atoms with Crippen LogP contribution >= 0.6 is 0 Å². The fraction of sp³-hybridized carbons (Fsp3) is 0.533. The monoisotopic (exact) mass is 246 g/mol. The second-order valence-corrected chi connectivity index (χ2v) is 6.27. The van der Waals surface area contributed by atoms with Gasteiger partial charge in [-0.05, 0) is 52.3 Å². The number of anilines is 1. The summed E-state index contributed by atoms with van der Waals surface area (Å²) in [5.74, 6) is 0.129. The Hall–Kier alpha value is -1.35. The molecule has 0 saturated carbocycles. The fourth-order valence-corrected chi connectivity index (χ4v) is 2.38. The van der Waals surface area contributed by atoms with Gasteiger partial charge >= 0.3 is 0 Å². The summed E-state index contributed by atoms with van der Waals surface area (Å²) in [6, 6.07) is 8.13. The van der Waals surface area contributed by atoms with Crippen molar-refractivity contribution < 1.29 is 4.79 Å². The van der Waals surface area contributed by atoms with E-state index in [-0.39, 0.29) is 11.4 Å². The van der Waals surface area contributed by atoms with Gasteiger partial charge in [-0.2, -0.15) is 0 Å². The molecule has 1 aliphatic rings. The molecule has 2 rings (SSSR count). The fourth-order valence-electron chi connectivity index (χ4n) is 2.38. The molecule has 18 heavy (non-hydrogen) atoms. The number of carbonyl (C=O) groups excluding carboxylic acids is 1. The highest BCUT2D eigenvalue weighted by Gasteiger charge is 2.45. The summed E-state index contributed by atoms with van der Waals surface area (Å²) in [6.45, 7) is 10.9. The van der Waals surface area contributed by atoms with Gasteiger partial charge in [0.1, 0.15) is 0 Å². The van der Waals surface area contributed by atoms with Gasteiger partial charge in [0, 0.05) is 12.2 Å². The first-order chi connectivity index (χ1) is 8.24. The molecule has 1 amide bonds. The van der Waals surface area contributed by atoms with Crippen LogP contribution in [0.15, 0.2) is 24.3 Å². The minimum absolute atomic E-state index is 0.129. The maximum absolute atomic E-state index is 12.6. The Morgan fingerprint density at radius 1 is 1.22 bits per heavy atom. The van der Waals surface area contributed by atoms with E-state index < -0.39 is 5.54 Å². The molecule has 3 nitrogen and oxygen atoms in total. The van der Waals surface area contributed by atoms with Crippen LogP contribution in [0, 0.1) is 6.92 Å². The number of nitrogens with zero attached hydrogens (tertiary/aromatic N) is 1. The van der Waals surface area contributed by atoms with Gasteiger partial charge < -0.3 is 10.2 Å². The van der Waals surface area contributed by atoms with Crippen LogP contribution in [0.1, 0.15) is 33.3 Å². The molecule has 0 aliphatic carbocycles. The summed E-state index contributed by atoms with van der Waals surface area (Å²) in [6.07, 6.45) is 0. The first kappa shape index (κ1) is 13.1. The van der Waals surface area contributed by atoms with Gasteiger partial charge in [0.25, 0.3) is 0 Å². The van der Waals surface area contributed by atoms with Crippen LogP contribution in [0.5, 0.6) is 0 Å². The molecule has 98 valence electrons. The highest BCUT2D eigenvalue weighted by molar-refractivity contribution is 6.01. The van der Waals surface area contributed by atoms with Gasteiger partial charge in [0.05, 0.1) is 11.1 Å². The van der Waals surface area contributed by atoms with Gasteiger partial charge in [-0.15, -0.1) is 0 Å². The lowest BCUT2D eigenvalue weighted by Crippen LogP contribution is -2.69. The zero-order valence-corrected chi connectivity index (χ0v) is 11.9. The predicted octanol–water partition coefficient (Wildman–Crippen LogP) is 2.49. The van der Waals surface area contributed by atoms with E-state index in [1.807, 2.05) is 43.9 Å². The third kappa shape index (κ3) is 2.15. The Morgan fingerprint density at radius 2 is 1.89 bits per heavy atom. The smallest absolute Gasteiger partial charge is 0.247 e. The van der Waals surface area contributed by atoms with Crippen LogP contribution in [-0.4, -0.2) is 23.5 Å². The maximum atomic E-state index is 12.6. The highest BCUT2D eigenvalue weighted by atomic mass is 16.2. The van der Waals surface area contributed by atoms with Gasteiger partial charge in [-0.1, -0.05) is 12.1 Å². The summed E-state index contributed by atoms with van der Waals surface area (Å²) in [5.41, 5.74) is 1.45. The summed E-state index contributed by atoms with van der Waals surface area (Å²) < 4.78 is 0. The lowest BCUT2D eigenvalue weighted by atomic mass is 9.90. The topological polar surface area (TPSA) is 32.3 Å². The molecule has 0 bridgehead atoms. The van der Waals surface area contributed by atoms with Crippen molar-refractivity contribution in [3.05, 3.63) is 29.8 Å². The predicted molar refractivity (Wildman–Crippen MR) is 74.8 cm³/mol. The van der Waals surface area contributed by atoms with Crippen LogP contribution in [-0.2, 0) is 4.79 Å². The van der Waals surface area contributed by atoms with Crippen LogP contribution in [0.2, 0.25) is 0 Å². The van der Waals surface area contributed by atoms with E-state index in [4.69, 9.17) is 0 Å². The summed E-state index contributed by atoms with van der Waals surface area (Å²) >= 11 is 0. The number of amides is 1. The molecule has 0 unspecified atom stereocenters. The Balaban J connectivity index is 2.47. The number of nitrogens with one attached hydrogen (secondary N) is 1. The van der Waals surface area contributed by atoms with E-state index in [9.17, 15) is 4.79 Å². The molecule has 1 N–H and O–H groups in total. The van der Waals surface area contributed by atoms with E-state index in [0.717, 1.165) is 12.2 Å². The average molecular weight is 246 g/mol. The largest absolute Gasteiger partial charge is 0.304 e. The molecule has 0 spiro atoms. The number of hydrogen-bond acceptors (Lipinski definition) is 2. The molecular formula is C15H22N2O. The quantitative estimate of drug-likeness (QED) is 0.825. The molecule has 1 saturated heterocycles. The zero-order chi connectivity index (χ0) is 13.6. The number of hydrogen-bond donors (Lipinski definition) is 1. The van der Waals surface area contributed by atoms with Crippen LogP contribution in [0.25, 0.3) is 0 Å². The third-order valence-electron chi connectivity index (χ3n) is 3.57. The van der Waals surface area contributed by atoms with Crippen molar-refractivity contribution in [3.63, 3.8) is 0 Å². The SMILES string of the molecule is Cc1cccc(N2C(=O)C(C)(C)NCC2(C)C)c1.